The van der Waals surface area contributed by atoms with E-state index in [2.05, 4.69) is 15.4 Å². The predicted molar refractivity (Wildman–Crippen MR) is 103 cm³/mol. The van der Waals surface area contributed by atoms with Gasteiger partial charge in [0, 0.05) is 16.7 Å². The van der Waals surface area contributed by atoms with E-state index in [4.69, 9.17) is 11.6 Å². The van der Waals surface area contributed by atoms with Gasteiger partial charge in [-0.3, -0.25) is 9.59 Å². The minimum Gasteiger partial charge on any atom is -0.346 e. The molecular formula is C17H11ClN4O2S2. The summed E-state index contributed by atoms with van der Waals surface area (Å²) in [6.45, 7) is 0.173. The van der Waals surface area contributed by atoms with Gasteiger partial charge in [-0.2, -0.15) is 9.61 Å². The molecule has 1 amide bonds. The number of rotatable bonds is 4. The fourth-order valence-electron chi connectivity index (χ4n) is 2.35. The maximum Gasteiger partial charge on any atom is 0.275 e. The molecule has 4 rings (SSSR count). The summed E-state index contributed by atoms with van der Waals surface area (Å²) in [5.41, 5.74) is 1.01. The van der Waals surface area contributed by atoms with Crippen molar-refractivity contribution in [2.24, 2.45) is 0 Å². The number of aromatic nitrogens is 3. The van der Waals surface area contributed by atoms with Crippen molar-refractivity contribution in [2.45, 2.75) is 6.54 Å². The topological polar surface area (TPSA) is 76.4 Å². The highest BCUT2D eigenvalue weighted by Crippen LogP contribution is 2.26. The Kier molecular flexibility index (Phi) is 4.54. The number of hydrogen-bond donors (Lipinski definition) is 1. The summed E-state index contributed by atoms with van der Waals surface area (Å²) in [5.74, 6) is -0.189. The van der Waals surface area contributed by atoms with E-state index in [1.54, 1.807) is 18.2 Å². The fraction of sp³-hybridized carbons (Fsp3) is 0.0588. The number of nitrogens with one attached hydrogen (secondary N) is 1. The van der Waals surface area contributed by atoms with Crippen LogP contribution < -0.4 is 10.9 Å². The summed E-state index contributed by atoms with van der Waals surface area (Å²) in [4.78, 5) is 29.8. The molecule has 0 aliphatic heterocycles. The zero-order valence-electron chi connectivity index (χ0n) is 13.2. The molecule has 0 bridgehead atoms. The molecule has 0 unspecified atom stereocenters. The molecule has 0 aliphatic carbocycles. The minimum absolute atomic E-state index is 0.173. The first-order valence-corrected chi connectivity index (χ1v) is 9.65. The summed E-state index contributed by atoms with van der Waals surface area (Å²) in [6.07, 6.45) is 0. The molecule has 1 N–H and O–H groups in total. The highest BCUT2D eigenvalue weighted by Gasteiger charge is 2.12. The van der Waals surface area contributed by atoms with Gasteiger partial charge in [0.05, 0.1) is 17.1 Å². The third kappa shape index (κ3) is 3.39. The molecule has 3 heterocycles. The monoisotopic (exact) mass is 402 g/mol. The first kappa shape index (κ1) is 16.9. The van der Waals surface area contributed by atoms with Gasteiger partial charge in [-0.05, 0) is 23.6 Å². The number of nitrogens with zero attached hydrogens (tertiary/aromatic N) is 3. The van der Waals surface area contributed by atoms with Crippen LogP contribution in [0.3, 0.4) is 0 Å². The zero-order valence-corrected chi connectivity index (χ0v) is 15.6. The lowest BCUT2D eigenvalue weighted by Gasteiger charge is -2.02. The molecule has 0 atom stereocenters. The Bertz CT molecular complexity index is 1150. The van der Waals surface area contributed by atoms with E-state index in [0.29, 0.717) is 25.6 Å². The Balaban J connectivity index is 1.62. The molecule has 26 heavy (non-hydrogen) atoms. The Morgan fingerprint density at radius 1 is 1.23 bits per heavy atom. The molecule has 6 nitrogen and oxygen atoms in total. The molecule has 0 radical (unpaired) electrons. The number of carbonyl (C=O) groups is 1. The molecule has 4 aromatic rings. The number of fused-ring (bicyclic) bond motifs is 1. The summed E-state index contributed by atoms with van der Waals surface area (Å²) < 4.78 is 1.26. The van der Waals surface area contributed by atoms with Gasteiger partial charge in [0.15, 0.2) is 0 Å². The van der Waals surface area contributed by atoms with Crippen LogP contribution in [0.5, 0.6) is 0 Å². The van der Waals surface area contributed by atoms with Crippen LogP contribution >= 0.6 is 34.3 Å². The van der Waals surface area contributed by atoms with Crippen LogP contribution in [-0.2, 0) is 6.54 Å². The molecular weight excluding hydrogens is 392 g/mol. The largest absolute Gasteiger partial charge is 0.346 e. The van der Waals surface area contributed by atoms with E-state index in [9.17, 15) is 9.59 Å². The van der Waals surface area contributed by atoms with Crippen LogP contribution in [0.2, 0.25) is 5.02 Å². The van der Waals surface area contributed by atoms with Crippen LogP contribution in [0.25, 0.3) is 15.5 Å². The summed E-state index contributed by atoms with van der Waals surface area (Å²) >= 11 is 8.66. The number of hydrogen-bond acceptors (Lipinski definition) is 6. The Labute approximate surface area is 160 Å². The fourth-order valence-corrected chi connectivity index (χ4v) is 4.10. The van der Waals surface area contributed by atoms with E-state index in [0.717, 1.165) is 5.56 Å². The first-order valence-electron chi connectivity index (χ1n) is 7.57. The minimum atomic E-state index is -0.292. The molecule has 9 heteroatoms. The molecule has 0 spiro atoms. The van der Waals surface area contributed by atoms with Gasteiger partial charge in [-0.1, -0.05) is 41.1 Å². The number of carbonyl (C=O) groups excluding carboxylic acids is 1. The third-order valence-corrected chi connectivity index (χ3v) is 5.61. The number of amides is 1. The maximum absolute atomic E-state index is 12.3. The van der Waals surface area contributed by atoms with Crippen molar-refractivity contribution >= 4 is 45.1 Å². The quantitative estimate of drug-likeness (QED) is 0.567. The highest BCUT2D eigenvalue weighted by atomic mass is 35.5. The Morgan fingerprint density at radius 3 is 2.88 bits per heavy atom. The lowest BCUT2D eigenvalue weighted by atomic mass is 10.2. The Morgan fingerprint density at radius 2 is 2.12 bits per heavy atom. The molecule has 0 aliphatic rings. The van der Waals surface area contributed by atoms with E-state index in [-0.39, 0.29) is 18.0 Å². The molecule has 0 saturated carbocycles. The van der Waals surface area contributed by atoms with E-state index in [1.165, 1.54) is 33.3 Å². The van der Waals surface area contributed by atoms with Crippen molar-refractivity contribution < 1.29 is 4.79 Å². The second kappa shape index (κ2) is 6.99. The van der Waals surface area contributed by atoms with Gasteiger partial charge in [-0.15, -0.1) is 11.3 Å². The van der Waals surface area contributed by atoms with Crippen molar-refractivity contribution in [1.82, 2.24) is 19.9 Å². The SMILES string of the molecule is O=C(NCc1cc(=O)n2nc(-c3cccc(Cl)c3)sc2n1)c1cccs1. The second-order valence-corrected chi connectivity index (χ2v) is 7.70. The lowest BCUT2D eigenvalue weighted by molar-refractivity contribution is 0.0954. The van der Waals surface area contributed by atoms with E-state index < -0.39 is 0 Å². The summed E-state index contributed by atoms with van der Waals surface area (Å²) in [5, 5.41) is 10.2. The van der Waals surface area contributed by atoms with Crippen LogP contribution in [0, 0.1) is 0 Å². The lowest BCUT2D eigenvalue weighted by Crippen LogP contribution is -2.24. The maximum atomic E-state index is 12.3. The van der Waals surface area contributed by atoms with Crippen LogP contribution in [-0.4, -0.2) is 20.5 Å². The predicted octanol–water partition coefficient (Wildman–Crippen LogP) is 3.46. The van der Waals surface area contributed by atoms with E-state index >= 15 is 0 Å². The van der Waals surface area contributed by atoms with Gasteiger partial charge in [0.1, 0.15) is 5.01 Å². The van der Waals surface area contributed by atoms with Crippen molar-refractivity contribution in [3.8, 4) is 10.6 Å². The Hall–Kier alpha value is -2.55. The van der Waals surface area contributed by atoms with Gasteiger partial charge < -0.3 is 5.32 Å². The number of halogens is 1. The second-order valence-electron chi connectivity index (χ2n) is 5.36. The van der Waals surface area contributed by atoms with Crippen molar-refractivity contribution in [3.63, 3.8) is 0 Å². The van der Waals surface area contributed by atoms with Crippen LogP contribution in [0.4, 0.5) is 0 Å². The normalized spacial score (nSPS) is 11.0. The molecule has 130 valence electrons. The standard InChI is InChI=1S/C17H11ClN4O2S2/c18-11-4-1-3-10(7-11)16-21-22-14(23)8-12(20-17(22)26-16)9-19-15(24)13-5-2-6-25-13/h1-8H,9H2,(H,19,24). The van der Waals surface area contributed by atoms with Crippen LogP contribution in [0.15, 0.2) is 52.6 Å². The van der Waals surface area contributed by atoms with Gasteiger partial charge >= 0.3 is 0 Å². The molecule has 0 saturated heterocycles. The third-order valence-electron chi connectivity index (χ3n) is 3.54. The van der Waals surface area contributed by atoms with Crippen molar-refractivity contribution in [2.75, 3.05) is 0 Å². The highest BCUT2D eigenvalue weighted by molar-refractivity contribution is 7.19. The van der Waals surface area contributed by atoms with Gasteiger partial charge in [-0.25, -0.2) is 4.98 Å². The first-order chi connectivity index (χ1) is 12.6. The smallest absolute Gasteiger partial charge is 0.275 e. The van der Waals surface area contributed by atoms with Crippen molar-refractivity contribution in [3.05, 3.63) is 73.8 Å². The van der Waals surface area contributed by atoms with Gasteiger partial charge in [0.25, 0.3) is 11.5 Å². The van der Waals surface area contributed by atoms with Crippen molar-refractivity contribution in [1.29, 1.82) is 0 Å². The summed E-state index contributed by atoms with van der Waals surface area (Å²) in [6, 6.07) is 12.2. The van der Waals surface area contributed by atoms with E-state index in [1.807, 2.05) is 23.6 Å². The number of benzene rings is 1. The van der Waals surface area contributed by atoms with Crippen LogP contribution in [0.1, 0.15) is 15.4 Å². The molecule has 3 aromatic heterocycles. The average molecular weight is 403 g/mol. The number of thiophene rings is 1. The molecule has 0 fully saturated rings. The molecule has 1 aromatic carbocycles. The van der Waals surface area contributed by atoms with Gasteiger partial charge in [0.2, 0.25) is 4.96 Å². The average Bonchev–Trinajstić information content (AvgIpc) is 3.29. The zero-order chi connectivity index (χ0) is 18.1. The summed E-state index contributed by atoms with van der Waals surface area (Å²) in [7, 11) is 0.